The monoisotopic (exact) mass is 336 g/mol. The number of nitrogens with one attached hydrogen (secondary N) is 1. The van der Waals surface area contributed by atoms with Gasteiger partial charge in [0.2, 0.25) is 11.8 Å². The molecule has 0 radical (unpaired) electrons. The van der Waals surface area contributed by atoms with Crippen LogP contribution in [-0.4, -0.2) is 29.8 Å². The number of amides is 2. The standard InChI is InChI=1S/C21H24N2O2/c1-15-8-9-16(2)19(12-15)22-21(25)18-13-20(24)23(14-18)11-10-17-6-4-3-5-7-17/h3-9,12,18H,10-11,13-14H2,1-2H3,(H,22,25)/t18-/m1/s1. The van der Waals surface area contributed by atoms with Crippen LogP contribution < -0.4 is 5.32 Å². The highest BCUT2D eigenvalue weighted by atomic mass is 16.2. The first-order valence-electron chi connectivity index (χ1n) is 8.73. The van der Waals surface area contributed by atoms with E-state index in [-0.39, 0.29) is 17.7 Å². The molecule has 0 spiro atoms. The molecule has 0 aliphatic carbocycles. The number of likely N-dealkylation sites (tertiary alicyclic amines) is 1. The van der Waals surface area contributed by atoms with Crippen LogP contribution >= 0.6 is 0 Å². The zero-order valence-corrected chi connectivity index (χ0v) is 14.8. The predicted octanol–water partition coefficient (Wildman–Crippen LogP) is 3.33. The molecule has 1 aliphatic heterocycles. The molecule has 25 heavy (non-hydrogen) atoms. The van der Waals surface area contributed by atoms with Gasteiger partial charge in [-0.05, 0) is 43.0 Å². The molecule has 0 bridgehead atoms. The van der Waals surface area contributed by atoms with Crippen molar-refractivity contribution in [3.63, 3.8) is 0 Å². The number of hydrogen-bond acceptors (Lipinski definition) is 2. The van der Waals surface area contributed by atoms with Crippen molar-refractivity contribution in [3.8, 4) is 0 Å². The largest absolute Gasteiger partial charge is 0.342 e. The van der Waals surface area contributed by atoms with Crippen LogP contribution in [0.5, 0.6) is 0 Å². The summed E-state index contributed by atoms with van der Waals surface area (Å²) in [6.45, 7) is 5.14. The van der Waals surface area contributed by atoms with Gasteiger partial charge in [0, 0.05) is 25.2 Å². The second kappa shape index (κ2) is 7.51. The Kier molecular flexibility index (Phi) is 5.17. The molecule has 0 unspecified atom stereocenters. The van der Waals surface area contributed by atoms with E-state index in [4.69, 9.17) is 0 Å². The lowest BCUT2D eigenvalue weighted by molar-refractivity contribution is -0.128. The first kappa shape index (κ1) is 17.2. The van der Waals surface area contributed by atoms with Gasteiger partial charge in [-0.2, -0.15) is 0 Å². The Labute approximate surface area is 148 Å². The summed E-state index contributed by atoms with van der Waals surface area (Å²) >= 11 is 0. The number of rotatable bonds is 5. The van der Waals surface area contributed by atoms with Crippen LogP contribution in [0.2, 0.25) is 0 Å². The second-order valence-corrected chi connectivity index (χ2v) is 6.78. The Bertz CT molecular complexity index is 771. The quantitative estimate of drug-likeness (QED) is 0.910. The van der Waals surface area contributed by atoms with Gasteiger partial charge in [0.15, 0.2) is 0 Å². The van der Waals surface area contributed by atoms with Gasteiger partial charge in [0.25, 0.3) is 0 Å². The molecule has 1 heterocycles. The molecule has 1 atom stereocenters. The fraction of sp³-hybridized carbons (Fsp3) is 0.333. The van der Waals surface area contributed by atoms with Gasteiger partial charge in [-0.15, -0.1) is 0 Å². The van der Waals surface area contributed by atoms with Crippen LogP contribution in [-0.2, 0) is 16.0 Å². The van der Waals surface area contributed by atoms with E-state index in [2.05, 4.69) is 17.4 Å². The minimum absolute atomic E-state index is 0.0655. The average Bonchev–Trinajstić information content (AvgIpc) is 2.98. The molecule has 1 N–H and O–H groups in total. The van der Waals surface area contributed by atoms with Crippen molar-refractivity contribution < 1.29 is 9.59 Å². The fourth-order valence-electron chi connectivity index (χ4n) is 3.18. The summed E-state index contributed by atoms with van der Waals surface area (Å²) < 4.78 is 0. The van der Waals surface area contributed by atoms with Gasteiger partial charge in [-0.3, -0.25) is 9.59 Å². The lowest BCUT2D eigenvalue weighted by Crippen LogP contribution is -2.30. The van der Waals surface area contributed by atoms with E-state index in [9.17, 15) is 9.59 Å². The molecule has 130 valence electrons. The lowest BCUT2D eigenvalue weighted by atomic mass is 10.1. The molecular weight excluding hydrogens is 312 g/mol. The zero-order valence-electron chi connectivity index (χ0n) is 14.8. The van der Waals surface area contributed by atoms with E-state index in [1.807, 2.05) is 50.2 Å². The highest BCUT2D eigenvalue weighted by molar-refractivity contribution is 5.97. The maximum absolute atomic E-state index is 12.6. The normalized spacial score (nSPS) is 17.0. The number of hydrogen-bond donors (Lipinski definition) is 1. The number of carbonyl (C=O) groups excluding carboxylic acids is 2. The van der Waals surface area contributed by atoms with Gasteiger partial charge in [0.05, 0.1) is 5.92 Å². The van der Waals surface area contributed by atoms with Crippen molar-refractivity contribution in [2.75, 3.05) is 18.4 Å². The first-order valence-corrected chi connectivity index (χ1v) is 8.73. The molecule has 1 aliphatic rings. The van der Waals surface area contributed by atoms with E-state index >= 15 is 0 Å². The van der Waals surface area contributed by atoms with Crippen molar-refractivity contribution in [2.24, 2.45) is 5.92 Å². The molecule has 4 nitrogen and oxygen atoms in total. The van der Waals surface area contributed by atoms with E-state index in [0.29, 0.717) is 19.5 Å². The molecule has 3 rings (SSSR count). The summed E-state index contributed by atoms with van der Waals surface area (Å²) in [5.41, 5.74) is 4.18. The Morgan fingerprint density at radius 2 is 1.92 bits per heavy atom. The van der Waals surface area contributed by atoms with Crippen LogP contribution in [0.4, 0.5) is 5.69 Å². The Morgan fingerprint density at radius 1 is 1.16 bits per heavy atom. The van der Waals surface area contributed by atoms with Crippen LogP contribution in [0, 0.1) is 19.8 Å². The van der Waals surface area contributed by atoms with Gasteiger partial charge < -0.3 is 10.2 Å². The molecule has 2 aromatic carbocycles. The second-order valence-electron chi connectivity index (χ2n) is 6.78. The van der Waals surface area contributed by atoms with E-state index < -0.39 is 0 Å². The number of benzene rings is 2. The molecule has 1 fully saturated rings. The van der Waals surface area contributed by atoms with E-state index in [1.54, 1.807) is 4.90 Å². The molecular formula is C21H24N2O2. The van der Waals surface area contributed by atoms with Crippen molar-refractivity contribution in [2.45, 2.75) is 26.7 Å². The Balaban J connectivity index is 1.58. The smallest absolute Gasteiger partial charge is 0.229 e. The first-order chi connectivity index (χ1) is 12.0. The molecule has 1 saturated heterocycles. The maximum atomic E-state index is 12.6. The number of anilines is 1. The van der Waals surface area contributed by atoms with Crippen LogP contribution in [0.3, 0.4) is 0 Å². The SMILES string of the molecule is Cc1ccc(C)c(NC(=O)[C@@H]2CC(=O)N(CCc3ccccc3)C2)c1. The van der Waals surface area contributed by atoms with Crippen LogP contribution in [0.15, 0.2) is 48.5 Å². The third kappa shape index (κ3) is 4.27. The third-order valence-electron chi connectivity index (χ3n) is 4.75. The topological polar surface area (TPSA) is 49.4 Å². The summed E-state index contributed by atoms with van der Waals surface area (Å²) in [6, 6.07) is 16.1. The van der Waals surface area contributed by atoms with Crippen molar-refractivity contribution in [3.05, 3.63) is 65.2 Å². The third-order valence-corrected chi connectivity index (χ3v) is 4.75. The van der Waals surface area contributed by atoms with Crippen molar-refractivity contribution in [1.82, 2.24) is 4.90 Å². The molecule has 0 aromatic heterocycles. The summed E-state index contributed by atoms with van der Waals surface area (Å²) in [6.07, 6.45) is 1.11. The molecule has 2 amide bonds. The zero-order chi connectivity index (χ0) is 17.8. The van der Waals surface area contributed by atoms with Crippen LogP contribution in [0.25, 0.3) is 0 Å². The summed E-state index contributed by atoms with van der Waals surface area (Å²) in [5, 5.41) is 2.99. The van der Waals surface area contributed by atoms with Crippen LogP contribution in [0.1, 0.15) is 23.1 Å². The van der Waals surface area contributed by atoms with Gasteiger partial charge >= 0.3 is 0 Å². The lowest BCUT2D eigenvalue weighted by Gasteiger charge is -2.17. The summed E-state index contributed by atoms with van der Waals surface area (Å²) in [5.74, 6) is -0.274. The molecule has 2 aromatic rings. The summed E-state index contributed by atoms with van der Waals surface area (Å²) in [4.78, 5) is 26.6. The highest BCUT2D eigenvalue weighted by Gasteiger charge is 2.34. The Hall–Kier alpha value is -2.62. The van der Waals surface area contributed by atoms with Gasteiger partial charge in [-0.1, -0.05) is 42.5 Å². The maximum Gasteiger partial charge on any atom is 0.229 e. The highest BCUT2D eigenvalue weighted by Crippen LogP contribution is 2.22. The Morgan fingerprint density at radius 3 is 2.68 bits per heavy atom. The fourth-order valence-corrected chi connectivity index (χ4v) is 3.18. The number of nitrogens with zero attached hydrogens (tertiary/aromatic N) is 1. The number of carbonyl (C=O) groups is 2. The van der Waals surface area contributed by atoms with Crippen molar-refractivity contribution >= 4 is 17.5 Å². The van der Waals surface area contributed by atoms with Crippen molar-refractivity contribution in [1.29, 1.82) is 0 Å². The average molecular weight is 336 g/mol. The molecule has 0 saturated carbocycles. The predicted molar refractivity (Wildman–Crippen MR) is 99.4 cm³/mol. The van der Waals surface area contributed by atoms with E-state index in [1.165, 1.54) is 5.56 Å². The minimum Gasteiger partial charge on any atom is -0.342 e. The summed E-state index contributed by atoms with van der Waals surface area (Å²) in [7, 11) is 0. The number of aryl methyl sites for hydroxylation is 2. The van der Waals surface area contributed by atoms with Gasteiger partial charge in [-0.25, -0.2) is 0 Å². The van der Waals surface area contributed by atoms with Gasteiger partial charge in [0.1, 0.15) is 0 Å². The minimum atomic E-state index is -0.275. The molecule has 4 heteroatoms. The van der Waals surface area contributed by atoms with E-state index in [0.717, 1.165) is 23.2 Å².